The number of nitrogens with one attached hydrogen (secondary N) is 1. The van der Waals surface area contributed by atoms with Gasteiger partial charge in [0.2, 0.25) is 0 Å². The van der Waals surface area contributed by atoms with Crippen LogP contribution in [0.4, 0.5) is 5.69 Å². The fourth-order valence-electron chi connectivity index (χ4n) is 2.29. The number of carbonyl (C=O) groups excluding carboxylic acids is 1. The molecule has 1 unspecified atom stereocenters. The third kappa shape index (κ3) is 3.09. The molecule has 2 rings (SSSR count). The average Bonchev–Trinajstić information content (AvgIpc) is 2.60. The van der Waals surface area contributed by atoms with Crippen molar-refractivity contribution < 1.29 is 4.79 Å². The Balaban J connectivity index is 2.24. The zero-order valence-electron chi connectivity index (χ0n) is 11.4. The lowest BCUT2D eigenvalue weighted by molar-refractivity contribution is -0.118. The number of rotatable bonds is 4. The third-order valence-corrected chi connectivity index (χ3v) is 4.04. The Kier molecular flexibility index (Phi) is 4.47. The minimum atomic E-state index is -0.180. The Morgan fingerprint density at radius 1 is 1.32 bits per heavy atom. The quantitative estimate of drug-likeness (QED) is 0.865. The van der Waals surface area contributed by atoms with E-state index in [-0.39, 0.29) is 11.9 Å². The Bertz CT molecular complexity index is 496. The Hall–Kier alpha value is -1.07. The first-order valence-corrected chi connectivity index (χ1v) is 8.05. The number of thioether (sulfide) groups is 1. The van der Waals surface area contributed by atoms with Crippen molar-refractivity contribution in [3.63, 3.8) is 0 Å². The van der Waals surface area contributed by atoms with Crippen molar-refractivity contribution in [3.8, 4) is 0 Å². The van der Waals surface area contributed by atoms with Gasteiger partial charge in [0.15, 0.2) is 5.11 Å². The number of benzene rings is 1. The highest BCUT2D eigenvalue weighted by Gasteiger charge is 2.35. The number of amides is 1. The molecule has 0 saturated carbocycles. The van der Waals surface area contributed by atoms with Crippen molar-refractivity contribution in [2.45, 2.75) is 26.3 Å². The molecule has 1 aliphatic heterocycles. The number of carbonyl (C=O) groups is 1. The van der Waals surface area contributed by atoms with E-state index in [0.717, 1.165) is 29.0 Å². The van der Waals surface area contributed by atoms with Crippen LogP contribution in [0.25, 0.3) is 0 Å². The smallest absolute Gasteiger partial charge is 0.255 e. The van der Waals surface area contributed by atoms with Crippen LogP contribution in [0.1, 0.15) is 17.5 Å². The summed E-state index contributed by atoms with van der Waals surface area (Å²) in [6, 6.07) is 5.90. The van der Waals surface area contributed by atoms with Gasteiger partial charge in [0.05, 0.1) is 5.69 Å². The molecule has 1 fully saturated rings. The number of hydrogen-bond donors (Lipinski definition) is 1. The van der Waals surface area contributed by atoms with E-state index < -0.39 is 0 Å². The molecule has 0 bridgehead atoms. The van der Waals surface area contributed by atoms with Crippen molar-refractivity contribution in [3.05, 3.63) is 29.3 Å². The molecule has 5 heteroatoms. The second kappa shape index (κ2) is 5.92. The number of aryl methyl sites for hydroxylation is 2. The first-order chi connectivity index (χ1) is 9.02. The van der Waals surface area contributed by atoms with Crippen LogP contribution in [0.3, 0.4) is 0 Å². The zero-order chi connectivity index (χ0) is 14.0. The predicted octanol–water partition coefficient (Wildman–Crippen LogP) is 2.65. The number of hydrogen-bond acceptors (Lipinski definition) is 3. The fourth-order valence-corrected chi connectivity index (χ4v) is 3.10. The van der Waals surface area contributed by atoms with Gasteiger partial charge in [0.25, 0.3) is 5.91 Å². The first kappa shape index (κ1) is 14.3. The van der Waals surface area contributed by atoms with Crippen molar-refractivity contribution in [2.75, 3.05) is 16.9 Å². The largest absolute Gasteiger partial charge is 0.350 e. The number of thiocarbonyl (C=S) groups is 1. The van der Waals surface area contributed by atoms with E-state index in [2.05, 4.69) is 11.4 Å². The SMILES string of the molecule is CSCCC1NC(=S)N(c2cc(C)cc(C)c2)C1=O. The van der Waals surface area contributed by atoms with Crippen LogP contribution in [0.2, 0.25) is 0 Å². The van der Waals surface area contributed by atoms with Crippen LogP contribution in [0.5, 0.6) is 0 Å². The second-order valence-electron chi connectivity index (χ2n) is 4.80. The van der Waals surface area contributed by atoms with Crippen LogP contribution < -0.4 is 10.2 Å². The van der Waals surface area contributed by atoms with Crippen molar-refractivity contribution in [2.24, 2.45) is 0 Å². The van der Waals surface area contributed by atoms with Gasteiger partial charge < -0.3 is 5.32 Å². The highest BCUT2D eigenvalue weighted by Crippen LogP contribution is 2.23. The highest BCUT2D eigenvalue weighted by molar-refractivity contribution is 7.98. The minimum absolute atomic E-state index is 0.0593. The summed E-state index contributed by atoms with van der Waals surface area (Å²) < 4.78 is 0. The monoisotopic (exact) mass is 294 g/mol. The molecule has 19 heavy (non-hydrogen) atoms. The highest BCUT2D eigenvalue weighted by atomic mass is 32.2. The molecular weight excluding hydrogens is 276 g/mol. The molecule has 1 aliphatic rings. The summed E-state index contributed by atoms with van der Waals surface area (Å²) in [5, 5.41) is 3.64. The third-order valence-electron chi connectivity index (χ3n) is 3.09. The Labute approximate surface area is 123 Å². The molecule has 0 aliphatic carbocycles. The molecule has 3 nitrogen and oxygen atoms in total. The van der Waals surface area contributed by atoms with Crippen molar-refractivity contribution >= 4 is 40.7 Å². The van der Waals surface area contributed by atoms with Crippen molar-refractivity contribution in [1.29, 1.82) is 0 Å². The summed E-state index contributed by atoms with van der Waals surface area (Å²) in [6.45, 7) is 4.05. The van der Waals surface area contributed by atoms with Gasteiger partial charge in [0.1, 0.15) is 6.04 Å². The first-order valence-electron chi connectivity index (χ1n) is 6.24. The fraction of sp³-hybridized carbons (Fsp3) is 0.429. The van der Waals surface area contributed by atoms with Gasteiger partial charge in [-0.2, -0.15) is 11.8 Å². The predicted molar refractivity (Wildman–Crippen MR) is 85.9 cm³/mol. The van der Waals surface area contributed by atoms with E-state index >= 15 is 0 Å². The van der Waals surface area contributed by atoms with Gasteiger partial charge in [-0.3, -0.25) is 9.69 Å². The zero-order valence-corrected chi connectivity index (χ0v) is 13.0. The van der Waals surface area contributed by atoms with Gasteiger partial charge >= 0.3 is 0 Å². The normalized spacial score (nSPS) is 18.9. The summed E-state index contributed by atoms with van der Waals surface area (Å²) in [6.07, 6.45) is 2.85. The van der Waals surface area contributed by atoms with Gasteiger partial charge in [0, 0.05) is 0 Å². The van der Waals surface area contributed by atoms with E-state index in [0.29, 0.717) is 5.11 Å². The molecule has 1 amide bonds. The molecule has 1 atom stereocenters. The van der Waals surface area contributed by atoms with Crippen LogP contribution >= 0.6 is 24.0 Å². The van der Waals surface area contributed by atoms with Crippen LogP contribution in [-0.4, -0.2) is 29.1 Å². The lowest BCUT2D eigenvalue weighted by Crippen LogP contribution is -2.31. The summed E-state index contributed by atoms with van der Waals surface area (Å²) in [5.74, 6) is 1.01. The molecule has 102 valence electrons. The molecule has 1 heterocycles. The van der Waals surface area contributed by atoms with E-state index in [1.54, 1.807) is 16.7 Å². The lowest BCUT2D eigenvalue weighted by atomic mass is 10.1. The summed E-state index contributed by atoms with van der Waals surface area (Å²) in [4.78, 5) is 14.0. The van der Waals surface area contributed by atoms with E-state index in [9.17, 15) is 4.79 Å². The van der Waals surface area contributed by atoms with Gasteiger partial charge in [-0.05, 0) is 67.8 Å². The van der Waals surface area contributed by atoms with Crippen LogP contribution in [0, 0.1) is 13.8 Å². The molecule has 1 aromatic carbocycles. The molecule has 1 saturated heterocycles. The summed E-state index contributed by atoms with van der Waals surface area (Å²) in [7, 11) is 0. The second-order valence-corrected chi connectivity index (χ2v) is 6.18. The molecule has 0 aromatic heterocycles. The average molecular weight is 294 g/mol. The van der Waals surface area contributed by atoms with Gasteiger partial charge in [-0.25, -0.2) is 0 Å². The maximum absolute atomic E-state index is 12.4. The van der Waals surface area contributed by atoms with Crippen LogP contribution in [0.15, 0.2) is 18.2 Å². The maximum Gasteiger partial charge on any atom is 0.255 e. The van der Waals surface area contributed by atoms with Crippen LogP contribution in [-0.2, 0) is 4.79 Å². The van der Waals surface area contributed by atoms with Gasteiger partial charge in [-0.1, -0.05) is 6.07 Å². The van der Waals surface area contributed by atoms with E-state index in [1.807, 2.05) is 32.2 Å². The topological polar surface area (TPSA) is 32.3 Å². The molecule has 1 aromatic rings. The Morgan fingerprint density at radius 2 is 1.95 bits per heavy atom. The molecule has 1 N–H and O–H groups in total. The number of anilines is 1. The maximum atomic E-state index is 12.4. The summed E-state index contributed by atoms with van der Waals surface area (Å²) in [5.41, 5.74) is 3.14. The molecule has 0 radical (unpaired) electrons. The molecule has 0 spiro atoms. The Morgan fingerprint density at radius 3 is 2.53 bits per heavy atom. The van der Waals surface area contributed by atoms with E-state index in [4.69, 9.17) is 12.2 Å². The number of nitrogens with zero attached hydrogens (tertiary/aromatic N) is 1. The molecular formula is C14H18N2OS2. The summed E-state index contributed by atoms with van der Waals surface area (Å²) >= 11 is 7.04. The standard InChI is InChI=1S/C14H18N2OS2/c1-9-6-10(2)8-11(7-9)16-13(17)12(4-5-19-3)15-14(16)18/h6-8,12H,4-5H2,1-3H3,(H,15,18). The minimum Gasteiger partial charge on any atom is -0.350 e. The van der Waals surface area contributed by atoms with E-state index in [1.165, 1.54) is 0 Å². The van der Waals surface area contributed by atoms with Gasteiger partial charge in [-0.15, -0.1) is 0 Å². The van der Waals surface area contributed by atoms with Crippen molar-refractivity contribution in [1.82, 2.24) is 5.32 Å². The lowest BCUT2D eigenvalue weighted by Gasteiger charge is -2.16.